The second-order valence-corrected chi connectivity index (χ2v) is 8.34. The molecule has 0 unspecified atom stereocenters. The van der Waals surface area contributed by atoms with Crippen LogP contribution in [0.4, 0.5) is 0 Å². The van der Waals surface area contributed by atoms with Crippen LogP contribution in [0.2, 0.25) is 0 Å². The zero-order valence-corrected chi connectivity index (χ0v) is 17.4. The van der Waals surface area contributed by atoms with Gasteiger partial charge in [0, 0.05) is 10.2 Å². The van der Waals surface area contributed by atoms with Crippen LogP contribution in [0.5, 0.6) is 11.5 Å². The summed E-state index contributed by atoms with van der Waals surface area (Å²) in [7, 11) is 3.16. The Bertz CT molecular complexity index is 882. The van der Waals surface area contributed by atoms with E-state index in [-0.39, 0.29) is 5.12 Å². The minimum atomic E-state index is -0.0535. The predicted molar refractivity (Wildman–Crippen MR) is 113 cm³/mol. The highest BCUT2D eigenvalue weighted by Gasteiger charge is 2.23. The molecule has 7 heteroatoms. The third kappa shape index (κ3) is 4.52. The number of carbonyl (C=O) groups excluding carboxylic acids is 1. The Morgan fingerprint density at radius 3 is 2.54 bits per heavy atom. The molecule has 0 radical (unpaired) electrons. The minimum absolute atomic E-state index is 0.0535. The van der Waals surface area contributed by atoms with Crippen molar-refractivity contribution in [2.24, 2.45) is 4.99 Å². The average molecular weight is 450 g/mol. The van der Waals surface area contributed by atoms with Crippen LogP contribution in [0, 0.1) is 0 Å². The fraction of sp³-hybridized carbons (Fsp3) is 0.158. The molecule has 0 fully saturated rings. The minimum Gasteiger partial charge on any atom is -0.493 e. The van der Waals surface area contributed by atoms with Gasteiger partial charge in [-0.1, -0.05) is 58.0 Å². The highest BCUT2D eigenvalue weighted by atomic mass is 79.9. The van der Waals surface area contributed by atoms with Crippen molar-refractivity contribution < 1.29 is 14.3 Å². The maximum absolute atomic E-state index is 12.3. The Morgan fingerprint density at radius 2 is 1.85 bits per heavy atom. The fourth-order valence-corrected chi connectivity index (χ4v) is 4.53. The third-order valence-corrected chi connectivity index (χ3v) is 6.37. The van der Waals surface area contributed by atoms with Crippen LogP contribution in [0.15, 0.2) is 57.6 Å². The third-order valence-electron chi connectivity index (χ3n) is 3.60. The Balaban J connectivity index is 1.80. The summed E-state index contributed by atoms with van der Waals surface area (Å²) in [5.74, 6) is 2.01. The fourth-order valence-electron chi connectivity index (χ4n) is 2.30. The van der Waals surface area contributed by atoms with Crippen molar-refractivity contribution in [2.45, 2.75) is 5.75 Å². The van der Waals surface area contributed by atoms with Crippen LogP contribution in [0.1, 0.15) is 11.1 Å². The summed E-state index contributed by atoms with van der Waals surface area (Å²) in [5, 5.41) is -0.0535. The molecule has 0 N–H and O–H groups in total. The number of halogens is 1. The van der Waals surface area contributed by atoms with Crippen LogP contribution in [0.3, 0.4) is 0 Å². The summed E-state index contributed by atoms with van der Waals surface area (Å²) in [4.78, 5) is 16.8. The molecule has 0 bridgehead atoms. The van der Waals surface area contributed by atoms with Crippen molar-refractivity contribution in [1.82, 2.24) is 0 Å². The van der Waals surface area contributed by atoms with Gasteiger partial charge in [-0.15, -0.1) is 0 Å². The van der Waals surface area contributed by atoms with Crippen molar-refractivity contribution in [2.75, 3.05) is 14.2 Å². The zero-order chi connectivity index (χ0) is 18.5. The zero-order valence-electron chi connectivity index (χ0n) is 14.2. The van der Waals surface area contributed by atoms with E-state index in [0.717, 1.165) is 20.2 Å². The van der Waals surface area contributed by atoms with Gasteiger partial charge in [-0.3, -0.25) is 4.79 Å². The average Bonchev–Trinajstić information content (AvgIpc) is 3.01. The van der Waals surface area contributed by atoms with Gasteiger partial charge in [-0.25, -0.2) is 4.99 Å². The second-order valence-electron chi connectivity index (χ2n) is 5.30. The number of nitrogens with zero attached hydrogens (tertiary/aromatic N) is 1. The molecule has 4 nitrogen and oxygen atoms in total. The Hall–Kier alpha value is -1.70. The molecule has 1 heterocycles. The van der Waals surface area contributed by atoms with E-state index in [2.05, 4.69) is 33.1 Å². The topological polar surface area (TPSA) is 47.9 Å². The molecule has 26 heavy (non-hydrogen) atoms. The van der Waals surface area contributed by atoms with Crippen molar-refractivity contribution in [1.29, 1.82) is 0 Å². The molecule has 0 atom stereocenters. The second kappa shape index (κ2) is 8.79. The molecule has 0 aliphatic carbocycles. The van der Waals surface area contributed by atoms with Crippen molar-refractivity contribution in [3.63, 3.8) is 0 Å². The molecule has 0 aromatic heterocycles. The number of thioether (sulfide) groups is 2. The maximum atomic E-state index is 12.3. The number of hydrogen-bond donors (Lipinski definition) is 0. The Labute approximate surface area is 169 Å². The summed E-state index contributed by atoms with van der Waals surface area (Å²) in [5.41, 5.74) is 2.44. The molecule has 0 saturated carbocycles. The first-order valence-electron chi connectivity index (χ1n) is 7.71. The quantitative estimate of drug-likeness (QED) is 0.574. The van der Waals surface area contributed by atoms with Crippen LogP contribution in [-0.4, -0.2) is 23.7 Å². The molecular formula is C19H16BrNO3S2. The van der Waals surface area contributed by atoms with E-state index in [1.54, 1.807) is 32.1 Å². The van der Waals surface area contributed by atoms with Crippen molar-refractivity contribution in [3.05, 3.63) is 63.8 Å². The summed E-state index contributed by atoms with van der Waals surface area (Å²) in [6.07, 6.45) is 1.76. The Morgan fingerprint density at radius 1 is 1.15 bits per heavy atom. The predicted octanol–water partition coefficient (Wildman–Crippen LogP) is 5.37. The lowest BCUT2D eigenvalue weighted by molar-refractivity contribution is -0.107. The van der Waals surface area contributed by atoms with Crippen LogP contribution < -0.4 is 9.47 Å². The van der Waals surface area contributed by atoms with E-state index in [4.69, 9.17) is 9.47 Å². The maximum Gasteiger partial charge on any atom is 0.244 e. The monoisotopic (exact) mass is 449 g/mol. The van der Waals surface area contributed by atoms with Gasteiger partial charge in [0.15, 0.2) is 11.5 Å². The van der Waals surface area contributed by atoms with Gasteiger partial charge < -0.3 is 9.47 Å². The van der Waals surface area contributed by atoms with E-state index in [0.29, 0.717) is 17.2 Å². The number of benzene rings is 2. The molecule has 1 aliphatic heterocycles. The van der Waals surface area contributed by atoms with E-state index in [9.17, 15) is 4.79 Å². The molecule has 0 saturated heterocycles. The van der Waals surface area contributed by atoms with Crippen LogP contribution in [-0.2, 0) is 10.5 Å². The van der Waals surface area contributed by atoms with Gasteiger partial charge >= 0.3 is 0 Å². The summed E-state index contributed by atoms with van der Waals surface area (Å²) >= 11 is 6.24. The molecule has 0 spiro atoms. The number of rotatable bonds is 5. The molecule has 134 valence electrons. The number of ether oxygens (including phenoxy) is 2. The van der Waals surface area contributed by atoms with Gasteiger partial charge in [0.2, 0.25) is 5.12 Å². The first kappa shape index (κ1) is 19.1. The molecule has 2 aromatic carbocycles. The lowest BCUT2D eigenvalue weighted by Gasteiger charge is -2.09. The van der Waals surface area contributed by atoms with E-state index in [1.807, 2.05) is 30.3 Å². The van der Waals surface area contributed by atoms with Gasteiger partial charge in [0.05, 0.1) is 14.2 Å². The number of carbonyl (C=O) groups is 1. The molecule has 1 aliphatic rings. The first-order chi connectivity index (χ1) is 12.6. The van der Waals surface area contributed by atoms with E-state index >= 15 is 0 Å². The summed E-state index contributed by atoms with van der Waals surface area (Å²) in [6.45, 7) is 0. The lowest BCUT2D eigenvalue weighted by atomic mass is 10.1. The highest BCUT2D eigenvalue weighted by molar-refractivity contribution is 9.10. The standard InChI is InChI=1S/C19H16BrNO3S2/c1-23-16-9-13(14(20)10-17(16)24-2)8-15-18(22)26-19(21-15)25-11-12-6-4-3-5-7-12/h3-10H,11H2,1-2H3. The molecule has 0 amide bonds. The Kier molecular flexibility index (Phi) is 6.45. The molecule has 2 aromatic rings. The number of aliphatic imine (C=N–C) groups is 1. The van der Waals surface area contributed by atoms with Gasteiger partial charge in [-0.05, 0) is 41.1 Å². The number of hydrogen-bond acceptors (Lipinski definition) is 6. The van der Waals surface area contributed by atoms with E-state index < -0.39 is 0 Å². The van der Waals surface area contributed by atoms with Crippen molar-refractivity contribution in [3.8, 4) is 11.5 Å². The lowest BCUT2D eigenvalue weighted by Crippen LogP contribution is -1.93. The van der Waals surface area contributed by atoms with E-state index in [1.165, 1.54) is 17.3 Å². The summed E-state index contributed by atoms with van der Waals surface area (Å²) in [6, 6.07) is 13.8. The van der Waals surface area contributed by atoms with Gasteiger partial charge in [0.25, 0.3) is 0 Å². The number of methoxy groups -OCH3 is 2. The smallest absolute Gasteiger partial charge is 0.244 e. The largest absolute Gasteiger partial charge is 0.493 e. The molecular weight excluding hydrogens is 434 g/mol. The van der Waals surface area contributed by atoms with Crippen LogP contribution >= 0.6 is 39.5 Å². The highest BCUT2D eigenvalue weighted by Crippen LogP contribution is 2.37. The van der Waals surface area contributed by atoms with Gasteiger partial charge in [0.1, 0.15) is 10.1 Å². The van der Waals surface area contributed by atoms with Gasteiger partial charge in [-0.2, -0.15) is 0 Å². The van der Waals surface area contributed by atoms with Crippen molar-refractivity contribution >= 4 is 55.0 Å². The normalized spacial score (nSPS) is 15.3. The summed E-state index contributed by atoms with van der Waals surface area (Å²) < 4.78 is 12.2. The first-order valence-corrected chi connectivity index (χ1v) is 10.3. The van der Waals surface area contributed by atoms with Crippen LogP contribution in [0.25, 0.3) is 6.08 Å². The SMILES string of the molecule is COc1cc(Br)c(C=C2N=C(SCc3ccccc3)SC2=O)cc1OC. The molecule has 3 rings (SSSR count).